The number of benzene rings is 1. The topological polar surface area (TPSA) is 77.8 Å². The number of carboxylic acid groups (broad SMARTS) is 1. The summed E-state index contributed by atoms with van der Waals surface area (Å²) in [6.45, 7) is 0.224. The second kappa shape index (κ2) is 6.07. The molecule has 0 saturated heterocycles. The van der Waals surface area contributed by atoms with Gasteiger partial charge in [0.2, 0.25) is 5.76 Å². The molecule has 0 atom stereocenters. The van der Waals surface area contributed by atoms with E-state index in [0.717, 1.165) is 5.56 Å². The SMILES string of the molecule is CN(Cc1ccccc1Cl)C(=O)/C=C(\O)C(=O)O. The number of carbonyl (C=O) groups is 2. The molecule has 96 valence electrons. The quantitative estimate of drug-likeness (QED) is 0.646. The summed E-state index contributed by atoms with van der Waals surface area (Å²) < 4.78 is 0. The first kappa shape index (κ1) is 14.1. The molecule has 0 aliphatic rings. The third-order valence-electron chi connectivity index (χ3n) is 2.22. The highest BCUT2D eigenvalue weighted by atomic mass is 35.5. The van der Waals surface area contributed by atoms with E-state index in [-0.39, 0.29) is 6.54 Å². The first-order valence-electron chi connectivity index (χ1n) is 5.04. The molecule has 0 aliphatic carbocycles. The number of hydrogen-bond donors (Lipinski definition) is 2. The number of aliphatic hydroxyl groups excluding tert-OH is 1. The highest BCUT2D eigenvalue weighted by Crippen LogP contribution is 2.16. The molecule has 5 nitrogen and oxygen atoms in total. The minimum absolute atomic E-state index is 0.224. The average Bonchev–Trinajstić information content (AvgIpc) is 2.31. The third kappa shape index (κ3) is 3.78. The summed E-state index contributed by atoms with van der Waals surface area (Å²) in [5, 5.41) is 17.9. The Hall–Kier alpha value is -2.01. The van der Waals surface area contributed by atoms with Crippen LogP contribution in [0.3, 0.4) is 0 Å². The Kier molecular flexibility index (Phi) is 4.74. The van der Waals surface area contributed by atoms with E-state index in [9.17, 15) is 9.59 Å². The van der Waals surface area contributed by atoms with Crippen molar-refractivity contribution in [2.75, 3.05) is 7.05 Å². The van der Waals surface area contributed by atoms with E-state index in [1.165, 1.54) is 11.9 Å². The summed E-state index contributed by atoms with van der Waals surface area (Å²) >= 11 is 5.93. The van der Waals surface area contributed by atoms with Crippen LogP contribution in [0.25, 0.3) is 0 Å². The van der Waals surface area contributed by atoms with E-state index >= 15 is 0 Å². The van der Waals surface area contributed by atoms with Gasteiger partial charge in [0.25, 0.3) is 5.91 Å². The maximum atomic E-state index is 11.6. The van der Waals surface area contributed by atoms with Crippen molar-refractivity contribution in [3.05, 3.63) is 46.7 Å². The van der Waals surface area contributed by atoms with Crippen LogP contribution in [-0.2, 0) is 16.1 Å². The van der Waals surface area contributed by atoms with Crippen molar-refractivity contribution in [2.45, 2.75) is 6.54 Å². The van der Waals surface area contributed by atoms with E-state index in [4.69, 9.17) is 21.8 Å². The van der Waals surface area contributed by atoms with Gasteiger partial charge in [-0.25, -0.2) is 4.79 Å². The molecule has 18 heavy (non-hydrogen) atoms. The molecule has 0 fully saturated rings. The standard InChI is InChI=1S/C12H12ClNO4/c1-14(11(16)6-10(15)12(17)18)7-8-4-2-3-5-9(8)13/h2-6,15H,7H2,1H3,(H,17,18)/b10-6-. The van der Waals surface area contributed by atoms with Crippen LogP contribution in [0.2, 0.25) is 5.02 Å². The van der Waals surface area contributed by atoms with E-state index in [1.807, 2.05) is 0 Å². The van der Waals surface area contributed by atoms with Gasteiger partial charge in [-0.1, -0.05) is 29.8 Å². The number of halogens is 1. The summed E-state index contributed by atoms with van der Waals surface area (Å²) in [5.74, 6) is -3.16. The number of carbonyl (C=O) groups excluding carboxylic acids is 1. The zero-order valence-electron chi connectivity index (χ0n) is 9.63. The molecule has 0 radical (unpaired) electrons. The van der Waals surface area contributed by atoms with Crippen LogP contribution in [-0.4, -0.2) is 34.0 Å². The predicted molar refractivity (Wildman–Crippen MR) is 66.3 cm³/mol. The zero-order valence-corrected chi connectivity index (χ0v) is 10.4. The van der Waals surface area contributed by atoms with Gasteiger partial charge in [0, 0.05) is 18.6 Å². The summed E-state index contributed by atoms with van der Waals surface area (Å²) in [5.41, 5.74) is 0.734. The monoisotopic (exact) mass is 269 g/mol. The Morgan fingerprint density at radius 3 is 2.50 bits per heavy atom. The van der Waals surface area contributed by atoms with E-state index < -0.39 is 17.6 Å². The average molecular weight is 270 g/mol. The molecule has 0 saturated carbocycles. The van der Waals surface area contributed by atoms with Gasteiger partial charge >= 0.3 is 5.97 Å². The van der Waals surface area contributed by atoms with Gasteiger partial charge in [0.05, 0.1) is 6.08 Å². The summed E-state index contributed by atoms with van der Waals surface area (Å²) in [6.07, 6.45) is 0.652. The molecular weight excluding hydrogens is 258 g/mol. The lowest BCUT2D eigenvalue weighted by atomic mass is 10.2. The maximum absolute atomic E-state index is 11.6. The molecule has 0 aliphatic heterocycles. The number of hydrogen-bond acceptors (Lipinski definition) is 3. The van der Waals surface area contributed by atoms with E-state index in [0.29, 0.717) is 11.1 Å². The Labute approximate surface area is 109 Å². The lowest BCUT2D eigenvalue weighted by Gasteiger charge is -2.16. The van der Waals surface area contributed by atoms with Crippen molar-refractivity contribution in [3.8, 4) is 0 Å². The molecule has 1 amide bonds. The van der Waals surface area contributed by atoms with Crippen molar-refractivity contribution in [2.24, 2.45) is 0 Å². The molecule has 0 bridgehead atoms. The Balaban J connectivity index is 2.75. The number of nitrogens with zero attached hydrogens (tertiary/aromatic N) is 1. The van der Waals surface area contributed by atoms with Crippen molar-refractivity contribution in [3.63, 3.8) is 0 Å². The Morgan fingerprint density at radius 1 is 1.33 bits per heavy atom. The van der Waals surface area contributed by atoms with Crippen LogP contribution >= 0.6 is 11.6 Å². The van der Waals surface area contributed by atoms with E-state index in [1.54, 1.807) is 24.3 Å². The highest BCUT2D eigenvalue weighted by molar-refractivity contribution is 6.31. The molecule has 1 rings (SSSR count). The lowest BCUT2D eigenvalue weighted by Crippen LogP contribution is -2.25. The number of aliphatic hydroxyl groups is 1. The summed E-state index contributed by atoms with van der Waals surface area (Å²) in [6, 6.07) is 7.00. The first-order valence-corrected chi connectivity index (χ1v) is 5.42. The molecule has 1 aromatic carbocycles. The smallest absolute Gasteiger partial charge is 0.371 e. The molecular formula is C12H12ClNO4. The van der Waals surface area contributed by atoms with E-state index in [2.05, 4.69) is 0 Å². The second-order valence-corrected chi connectivity index (χ2v) is 4.03. The molecule has 0 heterocycles. The van der Waals surface area contributed by atoms with Crippen LogP contribution < -0.4 is 0 Å². The molecule has 0 aromatic heterocycles. The van der Waals surface area contributed by atoms with Crippen LogP contribution in [0.1, 0.15) is 5.56 Å². The fourth-order valence-corrected chi connectivity index (χ4v) is 1.44. The third-order valence-corrected chi connectivity index (χ3v) is 2.59. The van der Waals surface area contributed by atoms with Crippen LogP contribution in [0, 0.1) is 0 Å². The van der Waals surface area contributed by atoms with Gasteiger partial charge in [0.15, 0.2) is 0 Å². The predicted octanol–water partition coefficient (Wildman–Crippen LogP) is 1.82. The summed E-state index contributed by atoms with van der Waals surface area (Å²) in [7, 11) is 1.48. The van der Waals surface area contributed by atoms with Gasteiger partial charge in [-0.15, -0.1) is 0 Å². The molecule has 6 heteroatoms. The minimum atomic E-state index is -1.55. The Morgan fingerprint density at radius 2 is 1.94 bits per heavy atom. The minimum Gasteiger partial charge on any atom is -0.502 e. The largest absolute Gasteiger partial charge is 0.502 e. The van der Waals surface area contributed by atoms with Crippen LogP contribution in [0.5, 0.6) is 0 Å². The maximum Gasteiger partial charge on any atom is 0.371 e. The Bertz CT molecular complexity index is 499. The molecule has 0 spiro atoms. The number of rotatable bonds is 4. The second-order valence-electron chi connectivity index (χ2n) is 3.62. The fourth-order valence-electron chi connectivity index (χ4n) is 1.25. The molecule has 0 unspecified atom stereocenters. The number of aliphatic carboxylic acids is 1. The normalized spacial score (nSPS) is 11.1. The number of amides is 1. The van der Waals surface area contributed by atoms with Crippen LogP contribution in [0.15, 0.2) is 36.1 Å². The lowest BCUT2D eigenvalue weighted by molar-refractivity contribution is -0.136. The van der Waals surface area contributed by atoms with Gasteiger partial charge in [-0.3, -0.25) is 4.79 Å². The van der Waals surface area contributed by atoms with Gasteiger partial charge in [-0.05, 0) is 11.6 Å². The van der Waals surface area contributed by atoms with Crippen molar-refractivity contribution in [1.82, 2.24) is 4.90 Å². The molecule has 2 N–H and O–H groups in total. The van der Waals surface area contributed by atoms with Gasteiger partial charge < -0.3 is 15.1 Å². The fraction of sp³-hybridized carbons (Fsp3) is 0.167. The van der Waals surface area contributed by atoms with Crippen molar-refractivity contribution in [1.29, 1.82) is 0 Å². The van der Waals surface area contributed by atoms with Gasteiger partial charge in [0.1, 0.15) is 0 Å². The molecule has 1 aromatic rings. The first-order chi connectivity index (χ1) is 8.41. The van der Waals surface area contributed by atoms with Crippen LogP contribution in [0.4, 0.5) is 0 Å². The van der Waals surface area contributed by atoms with Crippen molar-refractivity contribution < 1.29 is 19.8 Å². The summed E-state index contributed by atoms with van der Waals surface area (Å²) in [4.78, 5) is 23.2. The highest BCUT2D eigenvalue weighted by Gasteiger charge is 2.12. The number of carboxylic acids is 1. The van der Waals surface area contributed by atoms with Gasteiger partial charge in [-0.2, -0.15) is 0 Å². The van der Waals surface area contributed by atoms with Crippen molar-refractivity contribution >= 4 is 23.5 Å². The zero-order chi connectivity index (χ0) is 13.7. The number of likely N-dealkylation sites (N-methyl/N-ethyl adjacent to an activating group) is 1.